The Hall–Kier alpha value is -0.860. The molecule has 2 unspecified atom stereocenters. The van der Waals surface area contributed by atoms with Gasteiger partial charge in [0.2, 0.25) is 0 Å². The molecule has 1 saturated carbocycles. The number of rotatable bonds is 6. The molecule has 1 heterocycles. The fourth-order valence-electron chi connectivity index (χ4n) is 3.34. The summed E-state index contributed by atoms with van der Waals surface area (Å²) in [5.41, 5.74) is 1.48. The van der Waals surface area contributed by atoms with Crippen LogP contribution in [-0.2, 0) is 0 Å². The minimum Gasteiger partial charge on any atom is -0.312 e. The zero-order valence-corrected chi connectivity index (χ0v) is 12.9. The van der Waals surface area contributed by atoms with Gasteiger partial charge in [-0.25, -0.2) is 0 Å². The molecule has 0 radical (unpaired) electrons. The second-order valence-corrected chi connectivity index (χ2v) is 6.90. The van der Waals surface area contributed by atoms with Gasteiger partial charge in [-0.05, 0) is 43.2 Å². The molecule has 1 saturated heterocycles. The van der Waals surface area contributed by atoms with E-state index in [0.29, 0.717) is 6.04 Å². The van der Waals surface area contributed by atoms with Crippen LogP contribution in [0.1, 0.15) is 44.7 Å². The van der Waals surface area contributed by atoms with Crippen LogP contribution in [0.15, 0.2) is 30.3 Å². The lowest BCUT2D eigenvalue weighted by atomic mass is 9.95. The molecule has 1 aliphatic heterocycles. The molecule has 110 valence electrons. The van der Waals surface area contributed by atoms with Gasteiger partial charge in [0, 0.05) is 25.2 Å². The predicted molar refractivity (Wildman–Crippen MR) is 84.7 cm³/mol. The minimum absolute atomic E-state index is 0.556. The Morgan fingerprint density at radius 3 is 2.50 bits per heavy atom. The van der Waals surface area contributed by atoms with Crippen molar-refractivity contribution < 1.29 is 0 Å². The van der Waals surface area contributed by atoms with Gasteiger partial charge >= 0.3 is 0 Å². The van der Waals surface area contributed by atoms with Crippen molar-refractivity contribution in [3.63, 3.8) is 0 Å². The lowest BCUT2D eigenvalue weighted by Gasteiger charge is -2.29. The summed E-state index contributed by atoms with van der Waals surface area (Å²) in [6.07, 6.45) is 4.11. The maximum absolute atomic E-state index is 3.73. The molecule has 0 amide bonds. The fourth-order valence-corrected chi connectivity index (χ4v) is 3.34. The highest BCUT2D eigenvalue weighted by atomic mass is 15.2. The van der Waals surface area contributed by atoms with Crippen molar-refractivity contribution in [2.75, 3.05) is 19.6 Å². The van der Waals surface area contributed by atoms with Crippen LogP contribution in [0.4, 0.5) is 0 Å². The van der Waals surface area contributed by atoms with E-state index < -0.39 is 0 Å². The third kappa shape index (κ3) is 3.42. The SMILES string of the molecule is CC(C)C1CCN(C(CNC2CC2)c2ccccc2)C1. The Labute approximate surface area is 123 Å². The number of likely N-dealkylation sites (tertiary alicyclic amines) is 1. The summed E-state index contributed by atoms with van der Waals surface area (Å²) in [5.74, 6) is 1.69. The molecule has 3 rings (SSSR count). The van der Waals surface area contributed by atoms with Crippen molar-refractivity contribution in [2.45, 2.75) is 45.2 Å². The molecule has 2 fully saturated rings. The average molecular weight is 272 g/mol. The first kappa shape index (κ1) is 14.1. The smallest absolute Gasteiger partial charge is 0.0472 e. The largest absolute Gasteiger partial charge is 0.312 e. The van der Waals surface area contributed by atoms with E-state index in [4.69, 9.17) is 0 Å². The van der Waals surface area contributed by atoms with Gasteiger partial charge in [0.25, 0.3) is 0 Å². The van der Waals surface area contributed by atoms with Gasteiger partial charge < -0.3 is 5.32 Å². The Morgan fingerprint density at radius 2 is 1.90 bits per heavy atom. The van der Waals surface area contributed by atoms with Gasteiger partial charge in [-0.15, -0.1) is 0 Å². The first-order valence-electron chi connectivity index (χ1n) is 8.26. The first-order valence-corrected chi connectivity index (χ1v) is 8.26. The average Bonchev–Trinajstić information content (AvgIpc) is 3.15. The fraction of sp³-hybridized carbons (Fsp3) is 0.667. The number of nitrogens with zero attached hydrogens (tertiary/aromatic N) is 1. The summed E-state index contributed by atoms with van der Waals surface area (Å²) in [6, 6.07) is 12.4. The number of hydrogen-bond acceptors (Lipinski definition) is 2. The van der Waals surface area contributed by atoms with Gasteiger partial charge in [0.1, 0.15) is 0 Å². The zero-order valence-electron chi connectivity index (χ0n) is 12.9. The van der Waals surface area contributed by atoms with E-state index in [2.05, 4.69) is 54.4 Å². The quantitative estimate of drug-likeness (QED) is 0.853. The van der Waals surface area contributed by atoms with Gasteiger partial charge in [-0.2, -0.15) is 0 Å². The number of nitrogens with one attached hydrogen (secondary N) is 1. The zero-order chi connectivity index (χ0) is 13.9. The highest BCUT2D eigenvalue weighted by Gasteiger charge is 2.31. The second kappa shape index (κ2) is 6.28. The third-order valence-electron chi connectivity index (χ3n) is 5.00. The maximum Gasteiger partial charge on any atom is 0.0472 e. The number of benzene rings is 1. The molecular formula is C18H28N2. The van der Waals surface area contributed by atoms with Crippen LogP contribution >= 0.6 is 0 Å². The van der Waals surface area contributed by atoms with E-state index in [1.54, 1.807) is 0 Å². The Morgan fingerprint density at radius 1 is 1.15 bits per heavy atom. The Balaban J connectivity index is 1.68. The molecule has 1 aromatic rings. The third-order valence-corrected chi connectivity index (χ3v) is 5.00. The summed E-state index contributed by atoms with van der Waals surface area (Å²) in [5, 5.41) is 3.73. The van der Waals surface area contributed by atoms with Crippen LogP contribution in [-0.4, -0.2) is 30.6 Å². The van der Waals surface area contributed by atoms with Gasteiger partial charge in [0.05, 0.1) is 0 Å². The van der Waals surface area contributed by atoms with E-state index in [1.807, 2.05) is 0 Å². The summed E-state index contributed by atoms with van der Waals surface area (Å²) in [7, 11) is 0. The molecule has 20 heavy (non-hydrogen) atoms. The predicted octanol–water partition coefficient (Wildman–Crippen LogP) is 3.46. The van der Waals surface area contributed by atoms with Crippen molar-refractivity contribution in [1.29, 1.82) is 0 Å². The highest BCUT2D eigenvalue weighted by Crippen LogP contribution is 2.31. The molecule has 0 aromatic heterocycles. The first-order chi connectivity index (χ1) is 9.74. The van der Waals surface area contributed by atoms with Crippen LogP contribution in [0.25, 0.3) is 0 Å². The van der Waals surface area contributed by atoms with Crippen LogP contribution in [0, 0.1) is 11.8 Å². The van der Waals surface area contributed by atoms with E-state index in [0.717, 1.165) is 24.4 Å². The van der Waals surface area contributed by atoms with Crippen molar-refractivity contribution >= 4 is 0 Å². The van der Waals surface area contributed by atoms with Crippen molar-refractivity contribution in [3.05, 3.63) is 35.9 Å². The van der Waals surface area contributed by atoms with E-state index in [9.17, 15) is 0 Å². The van der Waals surface area contributed by atoms with E-state index in [1.165, 1.54) is 37.9 Å². The maximum atomic E-state index is 3.73. The van der Waals surface area contributed by atoms with Crippen LogP contribution in [0.3, 0.4) is 0 Å². The molecule has 2 atom stereocenters. The summed E-state index contributed by atoms with van der Waals surface area (Å²) < 4.78 is 0. The molecule has 1 N–H and O–H groups in total. The van der Waals surface area contributed by atoms with Crippen LogP contribution in [0.5, 0.6) is 0 Å². The van der Waals surface area contributed by atoms with Crippen LogP contribution in [0.2, 0.25) is 0 Å². The van der Waals surface area contributed by atoms with Gasteiger partial charge in [-0.1, -0.05) is 44.2 Å². The highest BCUT2D eigenvalue weighted by molar-refractivity contribution is 5.20. The minimum atomic E-state index is 0.556. The normalized spacial score (nSPS) is 25.2. The lowest BCUT2D eigenvalue weighted by molar-refractivity contribution is 0.221. The lowest BCUT2D eigenvalue weighted by Crippen LogP contribution is -2.35. The number of hydrogen-bond donors (Lipinski definition) is 1. The molecule has 0 spiro atoms. The molecular weight excluding hydrogens is 244 g/mol. The van der Waals surface area contributed by atoms with Crippen molar-refractivity contribution in [1.82, 2.24) is 10.2 Å². The monoisotopic (exact) mass is 272 g/mol. The molecule has 1 aromatic carbocycles. The molecule has 1 aliphatic carbocycles. The van der Waals surface area contributed by atoms with E-state index >= 15 is 0 Å². The van der Waals surface area contributed by atoms with E-state index in [-0.39, 0.29) is 0 Å². The second-order valence-electron chi connectivity index (χ2n) is 6.90. The Bertz CT molecular complexity index is 411. The summed E-state index contributed by atoms with van der Waals surface area (Å²) in [4.78, 5) is 2.70. The van der Waals surface area contributed by atoms with Crippen molar-refractivity contribution in [3.8, 4) is 0 Å². The molecule has 2 nitrogen and oxygen atoms in total. The summed E-state index contributed by atoms with van der Waals surface area (Å²) in [6.45, 7) is 8.38. The standard InChI is InChI=1S/C18H28N2/c1-14(2)16-10-11-20(13-16)18(12-19-17-8-9-17)15-6-4-3-5-7-15/h3-7,14,16-19H,8-13H2,1-2H3. The molecule has 2 heteroatoms. The molecule has 0 bridgehead atoms. The summed E-state index contributed by atoms with van der Waals surface area (Å²) >= 11 is 0. The van der Waals surface area contributed by atoms with Gasteiger partial charge in [0.15, 0.2) is 0 Å². The van der Waals surface area contributed by atoms with Gasteiger partial charge in [-0.3, -0.25) is 4.90 Å². The van der Waals surface area contributed by atoms with Crippen LogP contribution < -0.4 is 5.32 Å². The topological polar surface area (TPSA) is 15.3 Å². The molecule has 2 aliphatic rings. The Kier molecular flexibility index (Phi) is 4.42. The van der Waals surface area contributed by atoms with Crippen molar-refractivity contribution in [2.24, 2.45) is 11.8 Å².